The van der Waals surface area contributed by atoms with Gasteiger partial charge in [0.1, 0.15) is 11.8 Å². The van der Waals surface area contributed by atoms with E-state index in [0.29, 0.717) is 17.9 Å². The molecule has 2 aromatic heterocycles. The summed E-state index contributed by atoms with van der Waals surface area (Å²) in [5.74, 6) is 0. The highest BCUT2D eigenvalue weighted by Gasteiger charge is 2.18. The molecule has 0 aliphatic heterocycles. The summed E-state index contributed by atoms with van der Waals surface area (Å²) in [6, 6.07) is 8.87. The standard InChI is InChI=1S/C17H17N5O2/c1-4-21-13(9-18)7-16(19-21)15-10-20(11(2)3)17-8-12(22(23)24)5-6-14(15)17/h5-8,10-11H,4H2,1-3H3. The number of benzene rings is 1. The number of non-ortho nitro benzene ring substituents is 1. The molecule has 0 atom stereocenters. The van der Waals surface area contributed by atoms with Gasteiger partial charge in [-0.05, 0) is 26.8 Å². The third-order valence-electron chi connectivity index (χ3n) is 4.06. The molecular weight excluding hydrogens is 306 g/mol. The molecule has 0 N–H and O–H groups in total. The zero-order chi connectivity index (χ0) is 17.4. The minimum atomic E-state index is -0.392. The minimum absolute atomic E-state index is 0.0610. The van der Waals surface area contributed by atoms with Gasteiger partial charge in [-0.25, -0.2) is 0 Å². The predicted molar refractivity (Wildman–Crippen MR) is 90.6 cm³/mol. The Kier molecular flexibility index (Phi) is 3.81. The van der Waals surface area contributed by atoms with Crippen LogP contribution in [0.15, 0.2) is 30.5 Å². The van der Waals surface area contributed by atoms with Gasteiger partial charge < -0.3 is 4.57 Å². The van der Waals surface area contributed by atoms with Gasteiger partial charge in [0.05, 0.1) is 16.1 Å². The van der Waals surface area contributed by atoms with E-state index in [1.54, 1.807) is 22.9 Å². The highest BCUT2D eigenvalue weighted by atomic mass is 16.6. The van der Waals surface area contributed by atoms with Crippen molar-refractivity contribution in [2.24, 2.45) is 0 Å². The zero-order valence-electron chi connectivity index (χ0n) is 13.7. The summed E-state index contributed by atoms with van der Waals surface area (Å²) < 4.78 is 3.65. The van der Waals surface area contributed by atoms with Crippen LogP contribution in [0.4, 0.5) is 5.69 Å². The van der Waals surface area contributed by atoms with Crippen molar-refractivity contribution in [2.45, 2.75) is 33.4 Å². The fourth-order valence-electron chi connectivity index (χ4n) is 2.86. The molecule has 2 heterocycles. The lowest BCUT2D eigenvalue weighted by Gasteiger charge is -2.08. The number of fused-ring (bicyclic) bond motifs is 1. The molecule has 0 aliphatic rings. The second-order valence-electron chi connectivity index (χ2n) is 5.84. The molecule has 0 radical (unpaired) electrons. The SMILES string of the molecule is CCn1nc(-c2cn(C(C)C)c3cc([N+](=O)[O-])ccc23)cc1C#N. The number of nitrogens with zero attached hydrogens (tertiary/aromatic N) is 5. The number of aromatic nitrogens is 3. The minimum Gasteiger partial charge on any atom is -0.344 e. The first-order valence-corrected chi connectivity index (χ1v) is 7.73. The van der Waals surface area contributed by atoms with Crippen molar-refractivity contribution in [3.63, 3.8) is 0 Å². The van der Waals surface area contributed by atoms with E-state index in [1.807, 2.05) is 31.5 Å². The Balaban J connectivity index is 2.27. The topological polar surface area (TPSA) is 89.7 Å². The van der Waals surface area contributed by atoms with Crippen molar-refractivity contribution >= 4 is 16.6 Å². The van der Waals surface area contributed by atoms with Gasteiger partial charge in [-0.15, -0.1) is 0 Å². The molecule has 1 aromatic carbocycles. The van der Waals surface area contributed by atoms with Gasteiger partial charge in [-0.1, -0.05) is 0 Å². The number of nitro benzene ring substituents is 1. The molecule has 0 amide bonds. The van der Waals surface area contributed by atoms with Crippen molar-refractivity contribution in [2.75, 3.05) is 0 Å². The molecule has 122 valence electrons. The lowest BCUT2D eigenvalue weighted by atomic mass is 10.1. The van der Waals surface area contributed by atoms with Crippen molar-refractivity contribution < 1.29 is 4.92 Å². The second kappa shape index (κ2) is 5.81. The average molecular weight is 323 g/mol. The van der Waals surface area contributed by atoms with Gasteiger partial charge in [0.25, 0.3) is 5.69 Å². The number of nitriles is 1. The predicted octanol–water partition coefficient (Wildman–Crippen LogP) is 3.89. The van der Waals surface area contributed by atoms with Crippen molar-refractivity contribution in [3.8, 4) is 17.3 Å². The molecule has 24 heavy (non-hydrogen) atoms. The second-order valence-corrected chi connectivity index (χ2v) is 5.84. The van der Waals surface area contributed by atoms with Gasteiger partial charge >= 0.3 is 0 Å². The van der Waals surface area contributed by atoms with E-state index in [1.165, 1.54) is 6.07 Å². The van der Waals surface area contributed by atoms with Crippen LogP contribution in [-0.2, 0) is 6.54 Å². The van der Waals surface area contributed by atoms with Gasteiger partial charge in [-0.2, -0.15) is 10.4 Å². The molecule has 3 aromatic rings. The Morgan fingerprint density at radius 2 is 2.12 bits per heavy atom. The van der Waals surface area contributed by atoms with Crippen molar-refractivity contribution in [3.05, 3.63) is 46.3 Å². The summed E-state index contributed by atoms with van der Waals surface area (Å²) in [4.78, 5) is 10.7. The summed E-state index contributed by atoms with van der Waals surface area (Å²) in [5.41, 5.74) is 2.92. The number of rotatable bonds is 4. The Morgan fingerprint density at radius 1 is 1.38 bits per heavy atom. The Bertz CT molecular complexity index is 975. The van der Waals surface area contributed by atoms with Crippen molar-refractivity contribution in [1.29, 1.82) is 5.26 Å². The van der Waals surface area contributed by atoms with E-state index < -0.39 is 4.92 Å². The molecule has 0 fully saturated rings. The lowest BCUT2D eigenvalue weighted by molar-refractivity contribution is -0.384. The first kappa shape index (κ1) is 15.7. The third-order valence-corrected chi connectivity index (χ3v) is 4.06. The number of hydrogen-bond donors (Lipinski definition) is 0. The molecule has 0 saturated carbocycles. The first-order chi connectivity index (χ1) is 11.5. The molecule has 7 heteroatoms. The summed E-state index contributed by atoms with van der Waals surface area (Å²) in [5, 5.41) is 25.7. The highest BCUT2D eigenvalue weighted by Crippen LogP contribution is 2.34. The largest absolute Gasteiger partial charge is 0.344 e. The highest BCUT2D eigenvalue weighted by molar-refractivity contribution is 5.96. The van der Waals surface area contributed by atoms with E-state index >= 15 is 0 Å². The zero-order valence-corrected chi connectivity index (χ0v) is 13.7. The van der Waals surface area contributed by atoms with Crippen LogP contribution in [0.5, 0.6) is 0 Å². The summed E-state index contributed by atoms with van der Waals surface area (Å²) in [7, 11) is 0. The molecule has 0 aliphatic carbocycles. The third kappa shape index (κ3) is 2.42. The monoisotopic (exact) mass is 323 g/mol. The van der Waals surface area contributed by atoms with E-state index in [4.69, 9.17) is 0 Å². The van der Waals surface area contributed by atoms with E-state index in [-0.39, 0.29) is 11.7 Å². The Labute approximate surface area is 138 Å². The fraction of sp³-hybridized carbons (Fsp3) is 0.294. The lowest BCUT2D eigenvalue weighted by Crippen LogP contribution is -1.99. The average Bonchev–Trinajstić information content (AvgIpc) is 3.14. The number of aryl methyl sites for hydroxylation is 1. The van der Waals surface area contributed by atoms with Crippen LogP contribution in [0, 0.1) is 21.4 Å². The normalized spacial score (nSPS) is 11.1. The van der Waals surface area contributed by atoms with Crippen LogP contribution in [0.3, 0.4) is 0 Å². The summed E-state index contributed by atoms with van der Waals surface area (Å²) >= 11 is 0. The number of nitro groups is 1. The summed E-state index contributed by atoms with van der Waals surface area (Å²) in [6.45, 7) is 6.58. The first-order valence-electron chi connectivity index (χ1n) is 7.73. The maximum Gasteiger partial charge on any atom is 0.271 e. The molecular formula is C17H17N5O2. The van der Waals surface area contributed by atoms with E-state index in [9.17, 15) is 15.4 Å². The number of hydrogen-bond acceptors (Lipinski definition) is 4. The van der Waals surface area contributed by atoms with Crippen LogP contribution >= 0.6 is 0 Å². The molecule has 0 saturated heterocycles. The molecule has 7 nitrogen and oxygen atoms in total. The molecule has 0 unspecified atom stereocenters. The smallest absolute Gasteiger partial charge is 0.271 e. The maximum absolute atomic E-state index is 11.1. The Morgan fingerprint density at radius 3 is 2.67 bits per heavy atom. The van der Waals surface area contributed by atoms with Gasteiger partial charge in [0.15, 0.2) is 0 Å². The van der Waals surface area contributed by atoms with Crippen LogP contribution in [0.2, 0.25) is 0 Å². The maximum atomic E-state index is 11.1. The van der Waals surface area contributed by atoms with Crippen LogP contribution in [-0.4, -0.2) is 19.3 Å². The molecule has 0 spiro atoms. The fourth-order valence-corrected chi connectivity index (χ4v) is 2.86. The van der Waals surface area contributed by atoms with E-state index in [2.05, 4.69) is 11.2 Å². The van der Waals surface area contributed by atoms with Crippen LogP contribution < -0.4 is 0 Å². The quantitative estimate of drug-likeness (QED) is 0.538. The van der Waals surface area contributed by atoms with Gasteiger partial charge in [-0.3, -0.25) is 14.8 Å². The van der Waals surface area contributed by atoms with Gasteiger partial charge in [0, 0.05) is 47.9 Å². The molecule has 0 bridgehead atoms. The Hall–Kier alpha value is -3.14. The van der Waals surface area contributed by atoms with Crippen molar-refractivity contribution in [1.82, 2.24) is 14.3 Å². The molecule has 3 rings (SSSR count). The van der Waals surface area contributed by atoms with Crippen LogP contribution in [0.1, 0.15) is 32.5 Å². The van der Waals surface area contributed by atoms with E-state index in [0.717, 1.165) is 16.5 Å². The summed E-state index contributed by atoms with van der Waals surface area (Å²) in [6.07, 6.45) is 1.95. The van der Waals surface area contributed by atoms with Gasteiger partial charge in [0.2, 0.25) is 0 Å². The van der Waals surface area contributed by atoms with Crippen LogP contribution in [0.25, 0.3) is 22.2 Å².